The SMILES string of the molecule is C[NH2+]c1ccccc1C(=N)CC(=O)N1C[C@H](F)C[C@H]1C(=O)N[C@@H](c1ccccc1)c1ccc(C2CC2)c(F)c1. The largest absolute Gasteiger partial charge is 0.343 e. The van der Waals surface area contributed by atoms with Crippen molar-refractivity contribution >= 4 is 23.2 Å². The predicted molar refractivity (Wildman–Crippen MR) is 145 cm³/mol. The van der Waals surface area contributed by atoms with Gasteiger partial charge < -0.3 is 20.9 Å². The van der Waals surface area contributed by atoms with Crippen LogP contribution in [0.4, 0.5) is 14.5 Å². The van der Waals surface area contributed by atoms with Crippen molar-refractivity contribution in [3.8, 4) is 0 Å². The van der Waals surface area contributed by atoms with Crippen LogP contribution in [0.15, 0.2) is 72.8 Å². The summed E-state index contributed by atoms with van der Waals surface area (Å²) in [6, 6.07) is 19.9. The van der Waals surface area contributed by atoms with E-state index in [4.69, 9.17) is 5.41 Å². The highest BCUT2D eigenvalue weighted by Crippen LogP contribution is 2.42. The molecule has 1 saturated carbocycles. The Balaban J connectivity index is 1.35. The van der Waals surface area contributed by atoms with Gasteiger partial charge in [0.25, 0.3) is 0 Å². The molecule has 39 heavy (non-hydrogen) atoms. The third kappa shape index (κ3) is 5.91. The van der Waals surface area contributed by atoms with E-state index in [2.05, 4.69) is 5.32 Å². The lowest BCUT2D eigenvalue weighted by Crippen LogP contribution is -2.73. The Labute approximate surface area is 226 Å². The molecule has 0 bridgehead atoms. The molecule has 0 radical (unpaired) electrons. The molecular weight excluding hydrogens is 498 g/mol. The van der Waals surface area contributed by atoms with E-state index in [0.717, 1.165) is 24.1 Å². The fourth-order valence-electron chi connectivity index (χ4n) is 5.37. The van der Waals surface area contributed by atoms with Crippen LogP contribution in [0.25, 0.3) is 0 Å². The summed E-state index contributed by atoms with van der Waals surface area (Å²) in [6.45, 7) is -0.202. The maximum Gasteiger partial charge on any atom is 0.243 e. The summed E-state index contributed by atoms with van der Waals surface area (Å²) in [7, 11) is 1.86. The Kier molecular flexibility index (Phi) is 7.84. The van der Waals surface area contributed by atoms with Crippen LogP contribution >= 0.6 is 0 Å². The highest BCUT2D eigenvalue weighted by Gasteiger charge is 2.41. The number of nitrogens with two attached hydrogens (primary N) is 1. The molecule has 3 atom stereocenters. The van der Waals surface area contributed by atoms with Crippen molar-refractivity contribution in [2.45, 2.75) is 49.9 Å². The number of likely N-dealkylation sites (tertiary alicyclic amines) is 1. The normalized spacial score (nSPS) is 19.5. The van der Waals surface area contributed by atoms with Gasteiger partial charge in [0.15, 0.2) is 0 Å². The van der Waals surface area contributed by atoms with Gasteiger partial charge in [-0.2, -0.15) is 0 Å². The van der Waals surface area contributed by atoms with Gasteiger partial charge >= 0.3 is 0 Å². The molecule has 0 unspecified atom stereocenters. The molecule has 5 rings (SSSR count). The molecule has 1 heterocycles. The monoisotopic (exact) mass is 531 g/mol. The van der Waals surface area contributed by atoms with Crippen LogP contribution in [-0.2, 0) is 9.59 Å². The zero-order valence-electron chi connectivity index (χ0n) is 21.9. The second-order valence-corrected chi connectivity index (χ2v) is 10.3. The second-order valence-electron chi connectivity index (χ2n) is 10.3. The van der Waals surface area contributed by atoms with Crippen LogP contribution in [0.3, 0.4) is 0 Å². The Morgan fingerprint density at radius 2 is 1.77 bits per heavy atom. The molecule has 202 valence electrons. The second kappa shape index (κ2) is 11.5. The van der Waals surface area contributed by atoms with E-state index >= 15 is 0 Å². The molecule has 1 saturated heterocycles. The molecule has 1 aliphatic heterocycles. The van der Waals surface area contributed by atoms with Crippen LogP contribution in [0.2, 0.25) is 0 Å². The number of rotatable bonds is 9. The molecule has 2 fully saturated rings. The number of carbonyl (C=O) groups excluding carboxylic acids is 2. The minimum absolute atomic E-state index is 0.114. The lowest BCUT2D eigenvalue weighted by molar-refractivity contribution is -0.539. The molecule has 6 nitrogen and oxygen atoms in total. The average molecular weight is 532 g/mol. The zero-order valence-corrected chi connectivity index (χ0v) is 21.9. The molecule has 2 aliphatic rings. The number of nitrogens with zero attached hydrogens (tertiary/aromatic N) is 1. The number of para-hydroxylation sites is 1. The van der Waals surface area contributed by atoms with E-state index in [1.54, 1.807) is 18.2 Å². The number of quaternary nitrogens is 1. The first kappa shape index (κ1) is 26.7. The number of hydrogen-bond acceptors (Lipinski definition) is 3. The summed E-state index contributed by atoms with van der Waals surface area (Å²) < 4.78 is 29.6. The molecule has 3 aromatic carbocycles. The molecule has 8 heteroatoms. The number of hydrogen-bond donors (Lipinski definition) is 3. The fourth-order valence-corrected chi connectivity index (χ4v) is 5.37. The summed E-state index contributed by atoms with van der Waals surface area (Å²) in [6.07, 6.45) is 0.244. The maximum atomic E-state index is 15.0. The smallest absolute Gasteiger partial charge is 0.243 e. The standard InChI is InChI=1S/C31H32F2N4O2/c1-35-27-10-6-5-9-24(27)26(34)17-29(38)37-18-22(32)16-28(37)31(39)36-30(20-7-3-2-4-8-20)21-13-14-23(19-11-12-19)25(33)15-21/h2-10,13-15,19,22,28,30,34-35H,11-12,16-18H2,1H3,(H,36,39)/p+1/t22-,28+,30+/m1/s1. The summed E-state index contributed by atoms with van der Waals surface area (Å²) in [5, 5.41) is 13.3. The van der Waals surface area contributed by atoms with Gasteiger partial charge in [-0.3, -0.25) is 9.59 Å². The van der Waals surface area contributed by atoms with Crippen molar-refractivity contribution in [2.75, 3.05) is 13.6 Å². The fraction of sp³-hybridized carbons (Fsp3) is 0.323. The van der Waals surface area contributed by atoms with Crippen molar-refractivity contribution in [2.24, 2.45) is 0 Å². The van der Waals surface area contributed by atoms with Gasteiger partial charge in [-0.1, -0.05) is 54.6 Å². The van der Waals surface area contributed by atoms with Crippen molar-refractivity contribution in [1.29, 1.82) is 5.41 Å². The number of alkyl halides is 1. The van der Waals surface area contributed by atoms with Gasteiger partial charge in [0, 0.05) is 6.42 Å². The van der Waals surface area contributed by atoms with Gasteiger partial charge in [-0.15, -0.1) is 0 Å². The van der Waals surface area contributed by atoms with Crippen LogP contribution < -0.4 is 10.6 Å². The molecule has 3 aromatic rings. The highest BCUT2D eigenvalue weighted by molar-refractivity contribution is 6.11. The molecule has 0 aromatic heterocycles. The van der Waals surface area contributed by atoms with Crippen molar-refractivity contribution in [3.05, 3.63) is 101 Å². The van der Waals surface area contributed by atoms with E-state index in [1.165, 1.54) is 11.0 Å². The number of benzene rings is 3. The summed E-state index contributed by atoms with van der Waals surface area (Å²) >= 11 is 0. The minimum Gasteiger partial charge on any atom is -0.343 e. The number of nitrogens with one attached hydrogen (secondary N) is 2. The summed E-state index contributed by atoms with van der Waals surface area (Å²) in [5.74, 6) is -1.01. The third-order valence-corrected chi connectivity index (χ3v) is 7.59. The Hall–Kier alpha value is -3.91. The van der Waals surface area contributed by atoms with E-state index in [1.807, 2.05) is 60.9 Å². The molecule has 4 N–H and O–H groups in total. The Bertz CT molecular complexity index is 1380. The molecule has 1 aliphatic carbocycles. The van der Waals surface area contributed by atoms with Gasteiger partial charge in [0.2, 0.25) is 11.8 Å². The van der Waals surface area contributed by atoms with Gasteiger partial charge in [0.05, 0.1) is 37.3 Å². The van der Waals surface area contributed by atoms with Crippen molar-refractivity contribution < 1.29 is 23.7 Å². The van der Waals surface area contributed by atoms with Crippen LogP contribution in [0.5, 0.6) is 0 Å². The van der Waals surface area contributed by atoms with Crippen LogP contribution in [-0.4, -0.2) is 48.2 Å². The van der Waals surface area contributed by atoms with Crippen LogP contribution in [0, 0.1) is 11.2 Å². The Morgan fingerprint density at radius 1 is 1.05 bits per heavy atom. The van der Waals surface area contributed by atoms with E-state index in [0.29, 0.717) is 16.7 Å². The molecular formula is C31H33F2N4O2+. The summed E-state index contributed by atoms with van der Waals surface area (Å²) in [4.78, 5) is 28.1. The molecule has 2 amide bonds. The lowest BCUT2D eigenvalue weighted by Gasteiger charge is -2.27. The Morgan fingerprint density at radius 3 is 2.46 bits per heavy atom. The van der Waals surface area contributed by atoms with E-state index < -0.39 is 30.1 Å². The van der Waals surface area contributed by atoms with Gasteiger partial charge in [-0.25, -0.2) is 8.78 Å². The first-order valence-electron chi connectivity index (χ1n) is 13.4. The van der Waals surface area contributed by atoms with Crippen molar-refractivity contribution in [1.82, 2.24) is 10.2 Å². The van der Waals surface area contributed by atoms with E-state index in [9.17, 15) is 18.4 Å². The van der Waals surface area contributed by atoms with Crippen molar-refractivity contribution in [3.63, 3.8) is 0 Å². The predicted octanol–water partition coefficient (Wildman–Crippen LogP) is 4.13. The van der Waals surface area contributed by atoms with Crippen LogP contribution in [0.1, 0.15) is 59.9 Å². The number of amides is 2. The maximum absolute atomic E-state index is 15.0. The highest BCUT2D eigenvalue weighted by atomic mass is 19.1. The lowest BCUT2D eigenvalue weighted by atomic mass is 9.96. The third-order valence-electron chi connectivity index (χ3n) is 7.59. The van der Waals surface area contributed by atoms with Gasteiger partial charge in [0.1, 0.15) is 23.7 Å². The number of halogens is 2. The summed E-state index contributed by atoms with van der Waals surface area (Å²) in [5.41, 5.74) is 3.61. The molecule has 0 spiro atoms. The van der Waals surface area contributed by atoms with Gasteiger partial charge in [-0.05, 0) is 53.6 Å². The quantitative estimate of drug-likeness (QED) is 0.286. The average Bonchev–Trinajstić information content (AvgIpc) is 3.71. The first-order valence-corrected chi connectivity index (χ1v) is 13.4. The zero-order chi connectivity index (χ0) is 27.5. The topological polar surface area (TPSA) is 89.9 Å². The van der Waals surface area contributed by atoms with E-state index in [-0.39, 0.29) is 36.8 Å². The minimum atomic E-state index is -1.35. The number of carbonyl (C=O) groups is 2. The first-order chi connectivity index (χ1) is 18.9.